The van der Waals surface area contributed by atoms with Crippen molar-refractivity contribution in [1.29, 1.82) is 0 Å². The molecule has 0 saturated carbocycles. The van der Waals surface area contributed by atoms with Crippen molar-refractivity contribution in [2.45, 2.75) is 13.5 Å². The lowest BCUT2D eigenvalue weighted by Gasteiger charge is -2.06. The van der Waals surface area contributed by atoms with Crippen LogP contribution in [-0.4, -0.2) is 0 Å². The topological polar surface area (TPSA) is 12.0 Å². The van der Waals surface area contributed by atoms with Gasteiger partial charge in [0.1, 0.15) is 0 Å². The van der Waals surface area contributed by atoms with Crippen molar-refractivity contribution in [3.8, 4) is 0 Å². The Balaban J connectivity index is 1.96. The minimum atomic E-state index is 0.879. The highest BCUT2D eigenvalue weighted by Gasteiger charge is 1.92. The van der Waals surface area contributed by atoms with E-state index in [0.717, 1.165) is 6.54 Å². The van der Waals surface area contributed by atoms with E-state index in [4.69, 9.17) is 0 Å². The van der Waals surface area contributed by atoms with E-state index in [1.165, 1.54) is 16.8 Å². The molecule has 1 heteroatoms. The summed E-state index contributed by atoms with van der Waals surface area (Å²) in [5.74, 6) is 0. The molecular weight excluding hydrogens is 182 g/mol. The van der Waals surface area contributed by atoms with Crippen molar-refractivity contribution in [2.24, 2.45) is 0 Å². The summed E-state index contributed by atoms with van der Waals surface area (Å²) < 4.78 is 0. The fraction of sp³-hybridized carbons (Fsp3) is 0.143. The maximum atomic E-state index is 3.39. The number of anilines is 1. The van der Waals surface area contributed by atoms with Gasteiger partial charge in [0.25, 0.3) is 0 Å². The molecule has 0 atom stereocenters. The molecule has 0 aliphatic rings. The lowest BCUT2D eigenvalue weighted by Crippen LogP contribution is -1.98. The van der Waals surface area contributed by atoms with Crippen LogP contribution in [0.15, 0.2) is 54.6 Å². The second kappa shape index (κ2) is 4.65. The van der Waals surface area contributed by atoms with Crippen LogP contribution in [0.2, 0.25) is 0 Å². The monoisotopic (exact) mass is 197 g/mol. The molecule has 0 heterocycles. The van der Waals surface area contributed by atoms with Gasteiger partial charge < -0.3 is 5.32 Å². The molecule has 1 nitrogen and oxygen atoms in total. The first-order valence-electron chi connectivity index (χ1n) is 5.19. The largest absolute Gasteiger partial charge is 0.381 e. The molecule has 2 aromatic carbocycles. The van der Waals surface area contributed by atoms with E-state index < -0.39 is 0 Å². The summed E-state index contributed by atoms with van der Waals surface area (Å²) in [4.78, 5) is 0. The zero-order valence-electron chi connectivity index (χ0n) is 8.90. The molecule has 0 fully saturated rings. The Morgan fingerprint density at radius 3 is 2.20 bits per heavy atom. The fourth-order valence-corrected chi connectivity index (χ4v) is 1.47. The molecule has 15 heavy (non-hydrogen) atoms. The average molecular weight is 197 g/mol. The van der Waals surface area contributed by atoms with Crippen LogP contribution >= 0.6 is 0 Å². The Labute approximate surface area is 90.8 Å². The number of hydrogen-bond acceptors (Lipinski definition) is 1. The zero-order chi connectivity index (χ0) is 10.5. The zero-order valence-corrected chi connectivity index (χ0v) is 8.90. The third-order valence-electron chi connectivity index (χ3n) is 2.39. The lowest BCUT2D eigenvalue weighted by atomic mass is 10.2. The summed E-state index contributed by atoms with van der Waals surface area (Å²) in [6.45, 7) is 2.98. The van der Waals surface area contributed by atoms with Crippen LogP contribution < -0.4 is 5.32 Å². The minimum absolute atomic E-state index is 0.879. The first-order valence-corrected chi connectivity index (χ1v) is 5.19. The Hall–Kier alpha value is -1.76. The Morgan fingerprint density at radius 1 is 0.867 bits per heavy atom. The van der Waals surface area contributed by atoms with Gasteiger partial charge in [-0.25, -0.2) is 0 Å². The maximum Gasteiger partial charge on any atom is 0.0400 e. The van der Waals surface area contributed by atoms with Gasteiger partial charge in [-0.05, 0) is 24.6 Å². The fourth-order valence-electron chi connectivity index (χ4n) is 1.47. The molecule has 0 aromatic heterocycles. The SMILES string of the molecule is Cc1ccc(NCc2ccccc2)cc1. The summed E-state index contributed by atoms with van der Waals surface area (Å²) >= 11 is 0. The molecule has 0 aliphatic heterocycles. The van der Waals surface area contributed by atoms with Gasteiger partial charge >= 0.3 is 0 Å². The van der Waals surface area contributed by atoms with E-state index in [0.29, 0.717) is 0 Å². The Morgan fingerprint density at radius 2 is 1.53 bits per heavy atom. The third-order valence-corrected chi connectivity index (χ3v) is 2.39. The summed E-state index contributed by atoms with van der Waals surface area (Å²) in [5, 5.41) is 3.39. The van der Waals surface area contributed by atoms with Gasteiger partial charge in [-0.15, -0.1) is 0 Å². The molecule has 0 unspecified atom stereocenters. The van der Waals surface area contributed by atoms with Gasteiger partial charge in [-0.2, -0.15) is 0 Å². The molecule has 0 spiro atoms. The molecule has 0 saturated heterocycles. The highest BCUT2D eigenvalue weighted by Crippen LogP contribution is 2.10. The molecule has 0 aliphatic carbocycles. The van der Waals surface area contributed by atoms with Crippen molar-refractivity contribution >= 4 is 5.69 Å². The molecule has 0 bridgehead atoms. The van der Waals surface area contributed by atoms with Gasteiger partial charge in [-0.1, -0.05) is 48.0 Å². The van der Waals surface area contributed by atoms with Gasteiger partial charge in [0.05, 0.1) is 0 Å². The standard InChI is InChI=1S/C14H15N/c1-12-7-9-14(10-8-12)15-11-13-5-3-2-4-6-13/h2-10,15H,11H2,1H3. The highest BCUT2D eigenvalue weighted by molar-refractivity contribution is 5.44. The van der Waals surface area contributed by atoms with E-state index in [-0.39, 0.29) is 0 Å². The number of hydrogen-bond donors (Lipinski definition) is 1. The van der Waals surface area contributed by atoms with E-state index in [9.17, 15) is 0 Å². The number of aryl methyl sites for hydroxylation is 1. The second-order valence-electron chi connectivity index (χ2n) is 3.71. The van der Waals surface area contributed by atoms with Crippen molar-refractivity contribution in [1.82, 2.24) is 0 Å². The molecule has 2 rings (SSSR count). The summed E-state index contributed by atoms with van der Waals surface area (Å²) in [6, 6.07) is 18.9. The smallest absolute Gasteiger partial charge is 0.0400 e. The van der Waals surface area contributed by atoms with Crippen molar-refractivity contribution < 1.29 is 0 Å². The molecule has 2 aromatic rings. The molecule has 1 N–H and O–H groups in total. The van der Waals surface area contributed by atoms with E-state index in [2.05, 4.69) is 60.8 Å². The molecule has 76 valence electrons. The van der Waals surface area contributed by atoms with Crippen molar-refractivity contribution in [3.05, 3.63) is 65.7 Å². The van der Waals surface area contributed by atoms with Gasteiger partial charge in [0.15, 0.2) is 0 Å². The number of benzene rings is 2. The molecule has 0 radical (unpaired) electrons. The first-order chi connectivity index (χ1) is 7.34. The van der Waals surface area contributed by atoms with Crippen LogP contribution in [-0.2, 0) is 6.54 Å². The van der Waals surface area contributed by atoms with E-state index >= 15 is 0 Å². The van der Waals surface area contributed by atoms with E-state index in [1.807, 2.05) is 6.07 Å². The first kappa shape index (κ1) is 9.78. The maximum absolute atomic E-state index is 3.39. The number of rotatable bonds is 3. The van der Waals surface area contributed by atoms with Gasteiger partial charge in [-0.3, -0.25) is 0 Å². The number of nitrogens with one attached hydrogen (secondary N) is 1. The summed E-state index contributed by atoms with van der Waals surface area (Å²) in [7, 11) is 0. The van der Waals surface area contributed by atoms with Crippen molar-refractivity contribution in [2.75, 3.05) is 5.32 Å². The average Bonchev–Trinajstić information content (AvgIpc) is 2.30. The quantitative estimate of drug-likeness (QED) is 0.792. The van der Waals surface area contributed by atoms with Crippen LogP contribution in [0.25, 0.3) is 0 Å². The Bertz CT molecular complexity index is 403. The molecule has 0 amide bonds. The minimum Gasteiger partial charge on any atom is -0.381 e. The van der Waals surface area contributed by atoms with Crippen LogP contribution in [0.4, 0.5) is 5.69 Å². The van der Waals surface area contributed by atoms with Crippen LogP contribution in [0.3, 0.4) is 0 Å². The molecular formula is C14H15N. The van der Waals surface area contributed by atoms with Gasteiger partial charge in [0.2, 0.25) is 0 Å². The predicted molar refractivity (Wildman–Crippen MR) is 64.9 cm³/mol. The summed E-state index contributed by atoms with van der Waals surface area (Å²) in [5.41, 5.74) is 3.77. The summed E-state index contributed by atoms with van der Waals surface area (Å²) in [6.07, 6.45) is 0. The Kier molecular flexibility index (Phi) is 3.03. The third kappa shape index (κ3) is 2.84. The highest BCUT2D eigenvalue weighted by atomic mass is 14.9. The van der Waals surface area contributed by atoms with Gasteiger partial charge in [0, 0.05) is 12.2 Å². The normalized spacial score (nSPS) is 9.93. The second-order valence-corrected chi connectivity index (χ2v) is 3.71. The van der Waals surface area contributed by atoms with E-state index in [1.54, 1.807) is 0 Å². The lowest BCUT2D eigenvalue weighted by molar-refractivity contribution is 1.15. The van der Waals surface area contributed by atoms with Crippen molar-refractivity contribution in [3.63, 3.8) is 0 Å². The van der Waals surface area contributed by atoms with Crippen LogP contribution in [0, 0.1) is 6.92 Å². The van der Waals surface area contributed by atoms with Crippen LogP contribution in [0.5, 0.6) is 0 Å². The van der Waals surface area contributed by atoms with Crippen LogP contribution in [0.1, 0.15) is 11.1 Å². The predicted octanol–water partition coefficient (Wildman–Crippen LogP) is 3.61.